The Morgan fingerprint density at radius 2 is 1.76 bits per heavy atom. The van der Waals surface area contributed by atoms with Crippen LogP contribution in [0.3, 0.4) is 0 Å². The molecular formula is C23H26N4O2. The van der Waals surface area contributed by atoms with Crippen LogP contribution in [0.1, 0.15) is 32.8 Å². The monoisotopic (exact) mass is 390 g/mol. The molecule has 6 nitrogen and oxygen atoms in total. The molecule has 0 aliphatic rings. The Hall–Kier alpha value is -3.54. The maximum Gasteiger partial charge on any atom is 0.291 e. The number of benzene rings is 2. The quantitative estimate of drug-likeness (QED) is 0.439. The van der Waals surface area contributed by atoms with E-state index < -0.39 is 0 Å². The lowest BCUT2D eigenvalue weighted by molar-refractivity contribution is 0.0996. The Labute approximate surface area is 171 Å². The Balaban J connectivity index is 1.49. The zero-order valence-electron chi connectivity index (χ0n) is 17.0. The number of nitrogens with one attached hydrogen (secondary N) is 3. The van der Waals surface area contributed by atoms with Crippen molar-refractivity contribution in [1.82, 2.24) is 10.6 Å². The molecule has 0 fully saturated rings. The van der Waals surface area contributed by atoms with Gasteiger partial charge in [-0.2, -0.15) is 0 Å². The van der Waals surface area contributed by atoms with Crippen LogP contribution < -0.4 is 16.0 Å². The Morgan fingerprint density at radius 3 is 2.41 bits per heavy atom. The van der Waals surface area contributed by atoms with Gasteiger partial charge in [0, 0.05) is 25.8 Å². The predicted octanol–water partition coefficient (Wildman–Crippen LogP) is 4.01. The lowest BCUT2D eigenvalue weighted by Crippen LogP contribution is -2.36. The summed E-state index contributed by atoms with van der Waals surface area (Å²) >= 11 is 0. The minimum atomic E-state index is -0.267. The van der Waals surface area contributed by atoms with Gasteiger partial charge >= 0.3 is 0 Å². The first-order chi connectivity index (χ1) is 14.0. The zero-order valence-corrected chi connectivity index (χ0v) is 17.0. The first-order valence-electron chi connectivity index (χ1n) is 9.49. The highest BCUT2D eigenvalue weighted by atomic mass is 16.3. The molecular weight excluding hydrogens is 364 g/mol. The number of anilines is 1. The van der Waals surface area contributed by atoms with Gasteiger partial charge in [0.1, 0.15) is 0 Å². The van der Waals surface area contributed by atoms with Crippen LogP contribution >= 0.6 is 0 Å². The summed E-state index contributed by atoms with van der Waals surface area (Å²) in [6.45, 7) is 5.55. The van der Waals surface area contributed by atoms with Crippen LogP contribution in [0.2, 0.25) is 0 Å². The number of hydrogen-bond acceptors (Lipinski definition) is 3. The van der Waals surface area contributed by atoms with Gasteiger partial charge in [-0.15, -0.1) is 0 Å². The van der Waals surface area contributed by atoms with Gasteiger partial charge in [-0.1, -0.05) is 35.9 Å². The van der Waals surface area contributed by atoms with E-state index in [1.54, 1.807) is 19.2 Å². The van der Waals surface area contributed by atoms with Crippen molar-refractivity contribution < 1.29 is 9.21 Å². The van der Waals surface area contributed by atoms with Gasteiger partial charge in [0.2, 0.25) is 0 Å². The van der Waals surface area contributed by atoms with Crippen molar-refractivity contribution in [2.24, 2.45) is 4.99 Å². The fourth-order valence-electron chi connectivity index (χ4n) is 2.94. The molecule has 150 valence electrons. The number of furan rings is 1. The van der Waals surface area contributed by atoms with E-state index >= 15 is 0 Å². The fourth-order valence-corrected chi connectivity index (χ4v) is 2.94. The van der Waals surface area contributed by atoms with Gasteiger partial charge in [-0.25, -0.2) is 0 Å². The van der Waals surface area contributed by atoms with Crippen molar-refractivity contribution in [2.75, 3.05) is 12.4 Å². The summed E-state index contributed by atoms with van der Waals surface area (Å²) in [4.78, 5) is 16.3. The van der Waals surface area contributed by atoms with E-state index in [9.17, 15) is 4.79 Å². The molecule has 2 aromatic carbocycles. The molecule has 0 saturated heterocycles. The van der Waals surface area contributed by atoms with Crippen LogP contribution in [0.5, 0.6) is 0 Å². The van der Waals surface area contributed by atoms with Crippen molar-refractivity contribution in [3.05, 3.63) is 88.9 Å². The third-order valence-electron chi connectivity index (χ3n) is 4.58. The second-order valence-electron chi connectivity index (χ2n) is 6.84. The molecule has 3 N–H and O–H groups in total. The zero-order chi connectivity index (χ0) is 20.6. The van der Waals surface area contributed by atoms with Crippen molar-refractivity contribution >= 4 is 17.6 Å². The number of nitrogens with zero attached hydrogens (tertiary/aromatic N) is 1. The normalized spacial score (nSPS) is 11.2. The smallest absolute Gasteiger partial charge is 0.291 e. The summed E-state index contributed by atoms with van der Waals surface area (Å²) in [6, 6.07) is 17.4. The SMILES string of the molecule is CN=C(NCc1ccc(NC(=O)c2ccco2)cc1)NCc1ccc(C)cc1C. The summed E-state index contributed by atoms with van der Waals surface area (Å²) in [5.74, 6) is 0.756. The number of aryl methyl sites for hydroxylation is 2. The lowest BCUT2D eigenvalue weighted by Gasteiger charge is -2.14. The van der Waals surface area contributed by atoms with E-state index in [-0.39, 0.29) is 11.7 Å². The average molecular weight is 390 g/mol. The third-order valence-corrected chi connectivity index (χ3v) is 4.58. The van der Waals surface area contributed by atoms with Gasteiger partial charge in [-0.3, -0.25) is 9.79 Å². The molecule has 0 bridgehead atoms. The van der Waals surface area contributed by atoms with Gasteiger partial charge in [-0.05, 0) is 54.8 Å². The van der Waals surface area contributed by atoms with E-state index in [0.29, 0.717) is 18.8 Å². The number of rotatable bonds is 6. The molecule has 0 unspecified atom stereocenters. The lowest BCUT2D eigenvalue weighted by atomic mass is 10.1. The van der Waals surface area contributed by atoms with Crippen LogP contribution in [0, 0.1) is 13.8 Å². The number of amides is 1. The van der Waals surface area contributed by atoms with Crippen LogP contribution in [-0.4, -0.2) is 18.9 Å². The molecule has 1 amide bonds. The number of aliphatic imine (C=N–C) groups is 1. The van der Waals surface area contributed by atoms with Gasteiger partial charge in [0.05, 0.1) is 6.26 Å². The highest BCUT2D eigenvalue weighted by molar-refractivity contribution is 6.02. The molecule has 0 saturated carbocycles. The summed E-state index contributed by atoms with van der Waals surface area (Å²) in [6.07, 6.45) is 1.48. The number of carbonyl (C=O) groups is 1. The van der Waals surface area contributed by atoms with Crippen LogP contribution in [0.15, 0.2) is 70.3 Å². The minimum absolute atomic E-state index is 0.267. The third kappa shape index (κ3) is 5.72. The Kier molecular flexibility index (Phi) is 6.68. The topological polar surface area (TPSA) is 78.7 Å². The molecule has 1 aromatic heterocycles. The Morgan fingerprint density at radius 1 is 1.00 bits per heavy atom. The molecule has 3 rings (SSSR count). The van der Waals surface area contributed by atoms with E-state index in [2.05, 4.69) is 53.0 Å². The fraction of sp³-hybridized carbons (Fsp3) is 0.217. The van der Waals surface area contributed by atoms with Crippen molar-refractivity contribution in [3.63, 3.8) is 0 Å². The molecule has 29 heavy (non-hydrogen) atoms. The van der Waals surface area contributed by atoms with Crippen molar-refractivity contribution in [2.45, 2.75) is 26.9 Å². The average Bonchev–Trinajstić information content (AvgIpc) is 3.25. The van der Waals surface area contributed by atoms with Crippen molar-refractivity contribution in [3.8, 4) is 0 Å². The molecule has 6 heteroatoms. The summed E-state index contributed by atoms with van der Waals surface area (Å²) < 4.78 is 5.09. The maximum atomic E-state index is 12.0. The molecule has 0 radical (unpaired) electrons. The molecule has 0 atom stereocenters. The minimum Gasteiger partial charge on any atom is -0.459 e. The maximum absolute atomic E-state index is 12.0. The second-order valence-corrected chi connectivity index (χ2v) is 6.84. The molecule has 1 heterocycles. The first-order valence-corrected chi connectivity index (χ1v) is 9.49. The van der Waals surface area contributed by atoms with Crippen LogP contribution in [-0.2, 0) is 13.1 Å². The summed E-state index contributed by atoms with van der Waals surface area (Å²) in [5, 5.41) is 9.45. The van der Waals surface area contributed by atoms with Crippen LogP contribution in [0.25, 0.3) is 0 Å². The van der Waals surface area contributed by atoms with Crippen molar-refractivity contribution in [1.29, 1.82) is 0 Å². The van der Waals surface area contributed by atoms with E-state index in [1.165, 1.54) is 23.0 Å². The molecule has 3 aromatic rings. The number of carbonyl (C=O) groups excluding carboxylic acids is 1. The molecule has 0 spiro atoms. The van der Waals surface area contributed by atoms with E-state index in [1.807, 2.05) is 24.3 Å². The summed E-state index contributed by atoms with van der Waals surface area (Å²) in [5.41, 5.74) is 5.57. The molecule has 0 aliphatic heterocycles. The summed E-state index contributed by atoms with van der Waals surface area (Å²) in [7, 11) is 1.75. The largest absolute Gasteiger partial charge is 0.459 e. The predicted molar refractivity (Wildman–Crippen MR) is 116 cm³/mol. The van der Waals surface area contributed by atoms with Gasteiger partial charge < -0.3 is 20.4 Å². The Bertz CT molecular complexity index is 977. The number of guanidine groups is 1. The standard InChI is InChI=1S/C23H26N4O2/c1-16-6-9-19(17(2)13-16)15-26-23(24-3)25-14-18-7-10-20(11-8-18)27-22(28)21-5-4-12-29-21/h4-13H,14-15H2,1-3H3,(H,27,28)(H2,24,25,26). The van der Waals surface area contributed by atoms with Gasteiger partial charge in [0.15, 0.2) is 11.7 Å². The highest BCUT2D eigenvalue weighted by Gasteiger charge is 2.08. The van der Waals surface area contributed by atoms with Gasteiger partial charge in [0.25, 0.3) is 5.91 Å². The van der Waals surface area contributed by atoms with E-state index in [0.717, 1.165) is 11.5 Å². The van der Waals surface area contributed by atoms with E-state index in [4.69, 9.17) is 4.42 Å². The second kappa shape index (κ2) is 9.59. The van der Waals surface area contributed by atoms with Crippen LogP contribution in [0.4, 0.5) is 5.69 Å². The molecule has 0 aliphatic carbocycles. The highest BCUT2D eigenvalue weighted by Crippen LogP contribution is 2.12. The number of hydrogen-bond donors (Lipinski definition) is 3. The first kappa shape index (κ1) is 20.2.